The van der Waals surface area contributed by atoms with E-state index in [2.05, 4.69) is 161 Å². The van der Waals surface area contributed by atoms with Crippen molar-refractivity contribution < 1.29 is 75.8 Å². The Morgan fingerprint density at radius 1 is 0.271 bits per heavy atom. The number of hydrogen-bond donors (Lipinski definition) is 4. The van der Waals surface area contributed by atoms with E-state index in [1.54, 1.807) is 0 Å². The highest BCUT2D eigenvalue weighted by Gasteiger charge is 2.29. The Morgan fingerprint density at radius 3 is 0.841 bits per heavy atom. The Bertz CT molecular complexity index is 2580. The van der Waals surface area contributed by atoms with Crippen molar-refractivity contribution in [1.29, 1.82) is 0 Å². The molecule has 0 aliphatic heterocycles. The van der Waals surface area contributed by atoms with Crippen LogP contribution in [0.4, 0.5) is 0 Å². The lowest BCUT2D eigenvalue weighted by Gasteiger charge is -2.21. The van der Waals surface area contributed by atoms with Crippen LogP contribution in [0.2, 0.25) is 0 Å². The first-order valence-electron chi connectivity index (χ1n) is 41.8. The molecule has 0 amide bonds. The summed E-state index contributed by atoms with van der Waals surface area (Å²) in [5, 5.41) is 20.7. The Morgan fingerprint density at radius 2 is 0.514 bits per heavy atom. The molecule has 0 spiro atoms. The third-order valence-corrected chi connectivity index (χ3v) is 19.1. The van der Waals surface area contributed by atoms with Gasteiger partial charge in [0.25, 0.3) is 0 Å². The number of aliphatic hydroxyl groups excluding tert-OH is 2. The van der Waals surface area contributed by atoms with Crippen LogP contribution in [0.3, 0.4) is 0 Å². The Kier molecular flexibility index (Phi) is 77.0. The van der Waals surface area contributed by atoms with Gasteiger partial charge in [0.2, 0.25) is 0 Å². The van der Waals surface area contributed by atoms with E-state index in [-0.39, 0.29) is 19.3 Å². The molecule has 0 saturated carbocycles. The molecule has 0 fully saturated rings. The summed E-state index contributed by atoms with van der Waals surface area (Å²) in [6.07, 6.45) is 102. The van der Waals surface area contributed by atoms with Crippen molar-refractivity contribution in [3.63, 3.8) is 0 Å². The third-order valence-electron chi connectivity index (χ3n) is 17.2. The van der Waals surface area contributed by atoms with E-state index in [0.717, 1.165) is 128 Å². The van der Waals surface area contributed by atoms with Gasteiger partial charge >= 0.3 is 33.6 Å². The van der Waals surface area contributed by atoms with E-state index in [9.17, 15) is 43.5 Å². The zero-order valence-corrected chi connectivity index (χ0v) is 68.8. The van der Waals surface area contributed by atoms with E-state index < -0.39 is 91.5 Å². The molecule has 0 heterocycles. The molecule has 5 unspecified atom stereocenters. The first kappa shape index (κ1) is 102. The average molecular weight is 1540 g/mol. The molecular formula is C89H150O16P2. The minimum atomic E-state index is -4.96. The summed E-state index contributed by atoms with van der Waals surface area (Å²) in [6, 6.07) is 0. The molecule has 18 heteroatoms. The number of hydrogen-bond acceptors (Lipinski definition) is 14. The average Bonchev–Trinajstić information content (AvgIpc) is 0.934. The second kappa shape index (κ2) is 80.7. The third kappa shape index (κ3) is 82.0. The van der Waals surface area contributed by atoms with E-state index in [4.69, 9.17) is 32.3 Å². The van der Waals surface area contributed by atoms with E-state index in [1.807, 2.05) is 18.2 Å². The van der Waals surface area contributed by atoms with Gasteiger partial charge in [-0.25, -0.2) is 9.13 Å². The molecule has 0 saturated heterocycles. The lowest BCUT2D eigenvalue weighted by Crippen LogP contribution is -2.30. The number of ether oxygens (including phenoxy) is 3. The summed E-state index contributed by atoms with van der Waals surface area (Å²) in [5.74, 6) is -1.69. The smallest absolute Gasteiger partial charge is 0.463 e. The van der Waals surface area contributed by atoms with Crippen molar-refractivity contribution in [2.75, 3.05) is 39.6 Å². The van der Waals surface area contributed by atoms with Crippen molar-refractivity contribution in [2.24, 2.45) is 0 Å². The fourth-order valence-corrected chi connectivity index (χ4v) is 12.5. The predicted octanol–water partition coefficient (Wildman–Crippen LogP) is 25.0. The highest BCUT2D eigenvalue weighted by Crippen LogP contribution is 2.45. The maximum atomic E-state index is 13.0. The number of phosphoric acid groups is 2. The van der Waals surface area contributed by atoms with Crippen LogP contribution in [0, 0.1) is 0 Å². The Hall–Kier alpha value is -4.83. The predicted molar refractivity (Wildman–Crippen MR) is 445 cm³/mol. The minimum Gasteiger partial charge on any atom is -0.463 e. The number of carbonyl (C=O) groups is 3. The number of rotatable bonds is 78. The summed E-state index contributed by atoms with van der Waals surface area (Å²) in [7, 11) is -9.83. The van der Waals surface area contributed by atoms with Crippen LogP contribution in [0.5, 0.6) is 0 Å². The molecule has 0 rings (SSSR count). The number of aliphatic hydroxyl groups is 2. The van der Waals surface area contributed by atoms with Crippen LogP contribution in [-0.2, 0) is 55.8 Å². The molecule has 0 aromatic rings. The maximum Gasteiger partial charge on any atom is 0.472 e. The molecule has 16 nitrogen and oxygen atoms in total. The SMILES string of the molecule is CC/C=C\C/C=C\C/C=C\C/C=C\C/C=C\C/C=C\CCC(=O)OCC(COP(=O)(O)OCC(O)COP(=O)(O)OCC(O)COC(=O)CCCCCCCCCCCCCCCCCCC/C=C\C/C=C\C/C=C\C/C=C\CCCCC)OC(=O)CCCCCCCC/C=C\C/C=C\C/C=C\CCCCC. The molecule has 5 atom stereocenters. The van der Waals surface area contributed by atoms with Crippen LogP contribution < -0.4 is 0 Å². The first-order valence-corrected chi connectivity index (χ1v) is 44.8. The second-order valence-corrected chi connectivity index (χ2v) is 30.4. The number of carbonyl (C=O) groups excluding carboxylic acids is 3. The van der Waals surface area contributed by atoms with Gasteiger partial charge in [-0.3, -0.25) is 32.5 Å². The lowest BCUT2D eigenvalue weighted by atomic mass is 10.0. The fourth-order valence-electron chi connectivity index (χ4n) is 10.9. The molecule has 612 valence electrons. The van der Waals surface area contributed by atoms with Gasteiger partial charge in [-0.15, -0.1) is 0 Å². The molecule has 0 aliphatic carbocycles. The van der Waals surface area contributed by atoms with Crippen LogP contribution in [0.25, 0.3) is 0 Å². The number of esters is 3. The Labute approximate surface area is 650 Å². The topological polar surface area (TPSA) is 231 Å². The number of allylic oxidation sites excluding steroid dienone is 26. The van der Waals surface area contributed by atoms with Crippen LogP contribution in [-0.4, -0.2) is 95.9 Å². The highest BCUT2D eigenvalue weighted by atomic mass is 31.2. The van der Waals surface area contributed by atoms with Crippen LogP contribution >= 0.6 is 15.6 Å². The molecule has 0 bridgehead atoms. The van der Waals surface area contributed by atoms with E-state index in [1.165, 1.54) is 135 Å². The summed E-state index contributed by atoms with van der Waals surface area (Å²) in [4.78, 5) is 58.7. The second-order valence-electron chi connectivity index (χ2n) is 27.5. The maximum absolute atomic E-state index is 13.0. The van der Waals surface area contributed by atoms with Crippen LogP contribution in [0.15, 0.2) is 158 Å². The fraction of sp³-hybridized carbons (Fsp3) is 0.674. The van der Waals surface area contributed by atoms with Gasteiger partial charge in [-0.2, -0.15) is 0 Å². The first-order chi connectivity index (χ1) is 52.2. The molecule has 0 aromatic carbocycles. The summed E-state index contributed by atoms with van der Waals surface area (Å²) in [5.41, 5.74) is 0. The van der Waals surface area contributed by atoms with Gasteiger partial charge in [0, 0.05) is 19.3 Å². The zero-order valence-electron chi connectivity index (χ0n) is 67.0. The van der Waals surface area contributed by atoms with Crippen molar-refractivity contribution in [3.8, 4) is 0 Å². The van der Waals surface area contributed by atoms with E-state index >= 15 is 0 Å². The van der Waals surface area contributed by atoms with E-state index in [0.29, 0.717) is 25.7 Å². The summed E-state index contributed by atoms with van der Waals surface area (Å²) < 4.78 is 61.1. The van der Waals surface area contributed by atoms with Gasteiger partial charge < -0.3 is 34.2 Å². The molecule has 107 heavy (non-hydrogen) atoms. The van der Waals surface area contributed by atoms with Crippen molar-refractivity contribution >= 4 is 33.6 Å². The zero-order chi connectivity index (χ0) is 78.0. The van der Waals surface area contributed by atoms with Crippen molar-refractivity contribution in [1.82, 2.24) is 0 Å². The molecular weight excluding hydrogens is 1390 g/mol. The number of unbranched alkanes of at least 4 members (excludes halogenated alkanes) is 29. The molecule has 0 aliphatic rings. The Balaban J connectivity index is 4.55. The van der Waals surface area contributed by atoms with Crippen LogP contribution in [0.1, 0.15) is 329 Å². The normalized spacial score (nSPS) is 14.7. The van der Waals surface area contributed by atoms with Gasteiger partial charge in [0.15, 0.2) is 6.10 Å². The molecule has 4 N–H and O–H groups in total. The van der Waals surface area contributed by atoms with Crippen molar-refractivity contribution in [2.45, 2.75) is 347 Å². The highest BCUT2D eigenvalue weighted by molar-refractivity contribution is 7.47. The molecule has 0 aromatic heterocycles. The minimum absolute atomic E-state index is 0.0376. The molecule has 0 radical (unpaired) electrons. The standard InChI is InChI=1S/C89H150O16P2/c1-4-7-10-13-16-19-22-25-28-31-34-35-36-37-38-39-40-41-42-43-44-45-46-47-50-52-54-57-60-63-66-69-72-75-87(92)99-78-84(90)79-101-106(95,96)102-80-85(91)81-103-107(97,98)104-83-86(105-89(94)77-74-71-68-65-62-59-56-53-49-33-30-27-24-21-18-15-12-9-6-3)82-100-88(93)76-73-70-67-64-61-58-55-51-48-32-29-26-23-20-17-14-11-8-5-2/h8,11,16-21,25-30,34-35,37-38,48-49,51,53,58,61,67,70,84-86,90-91H,4-7,9-10,12-15,22-24,31-33,36,39-47,50,52,54-57,59-60,62-66,68-69,71-83H2,1-3H3,(H,95,96)(H,97,98)/b11-8-,19-16-,20-17-,21-18-,28-25-,29-26-,30-27-,35-34-,38-37-,51-48-,53-49-,61-58-,70-67-. The summed E-state index contributed by atoms with van der Waals surface area (Å²) >= 11 is 0. The summed E-state index contributed by atoms with van der Waals surface area (Å²) in [6.45, 7) is 2.42. The largest absolute Gasteiger partial charge is 0.472 e. The van der Waals surface area contributed by atoms with Gasteiger partial charge in [0.1, 0.15) is 25.4 Å². The van der Waals surface area contributed by atoms with Gasteiger partial charge in [-0.05, 0) is 141 Å². The lowest BCUT2D eigenvalue weighted by molar-refractivity contribution is -0.161. The van der Waals surface area contributed by atoms with Gasteiger partial charge in [0.05, 0.1) is 26.4 Å². The number of phosphoric ester groups is 2. The van der Waals surface area contributed by atoms with Crippen molar-refractivity contribution in [3.05, 3.63) is 158 Å². The van der Waals surface area contributed by atoms with Gasteiger partial charge in [-0.1, -0.05) is 326 Å². The quantitative estimate of drug-likeness (QED) is 0.0146. The monoisotopic (exact) mass is 1540 g/mol.